The van der Waals surface area contributed by atoms with E-state index >= 15 is 0 Å². The molecule has 0 saturated heterocycles. The molecule has 12 aromatic rings. The number of benzene rings is 11. The monoisotopic (exact) mass is 811 g/mol. The van der Waals surface area contributed by atoms with E-state index in [1.165, 1.54) is 121 Å². The van der Waals surface area contributed by atoms with Gasteiger partial charge in [-0.2, -0.15) is 0 Å². The first-order chi connectivity index (χ1) is 31.8. The van der Waals surface area contributed by atoms with Gasteiger partial charge in [0.1, 0.15) is 0 Å². The first kappa shape index (κ1) is 35.6. The van der Waals surface area contributed by atoms with E-state index in [9.17, 15) is 0 Å². The molecule has 0 fully saturated rings. The van der Waals surface area contributed by atoms with E-state index in [4.69, 9.17) is 0 Å². The molecule has 64 heavy (non-hydrogen) atoms. The van der Waals surface area contributed by atoms with E-state index in [0.717, 1.165) is 6.42 Å². The summed E-state index contributed by atoms with van der Waals surface area (Å²) in [6.07, 6.45) is 0.855. The lowest BCUT2D eigenvalue weighted by Gasteiger charge is -2.39. The van der Waals surface area contributed by atoms with E-state index in [1.807, 2.05) is 0 Å². The molecule has 0 bridgehead atoms. The highest BCUT2D eigenvalue weighted by molar-refractivity contribution is 6.25. The molecule has 1 aromatic heterocycles. The average Bonchev–Trinajstić information content (AvgIpc) is 3.86. The third-order valence-corrected chi connectivity index (χ3v) is 14.8. The second kappa shape index (κ2) is 13.5. The fourth-order valence-corrected chi connectivity index (χ4v) is 12.1. The van der Waals surface area contributed by atoms with Crippen LogP contribution >= 0.6 is 0 Å². The van der Waals surface area contributed by atoms with Gasteiger partial charge in [0.15, 0.2) is 0 Å². The van der Waals surface area contributed by atoms with Crippen LogP contribution in [-0.4, -0.2) is 4.57 Å². The molecule has 0 N–H and O–H groups in total. The highest BCUT2D eigenvalue weighted by Crippen LogP contribution is 2.61. The van der Waals surface area contributed by atoms with E-state index in [-0.39, 0.29) is 5.92 Å². The van der Waals surface area contributed by atoms with Crippen molar-refractivity contribution in [2.24, 2.45) is 0 Å². The molecule has 1 heteroatoms. The van der Waals surface area contributed by atoms with Gasteiger partial charge in [0.25, 0.3) is 0 Å². The van der Waals surface area contributed by atoms with Gasteiger partial charge in [-0.25, -0.2) is 0 Å². The summed E-state index contributed by atoms with van der Waals surface area (Å²) < 4.78 is 2.53. The Bertz CT molecular complexity index is 3840. The molecule has 2 atom stereocenters. The molecular formula is C63H41N. The number of rotatable bonds is 5. The van der Waals surface area contributed by atoms with Crippen LogP contribution in [0.15, 0.2) is 231 Å². The number of nitrogens with zero attached hydrogens (tertiary/aromatic N) is 1. The lowest BCUT2D eigenvalue weighted by Crippen LogP contribution is -2.33. The van der Waals surface area contributed by atoms with Crippen LogP contribution in [0.2, 0.25) is 0 Å². The molecule has 2 aliphatic rings. The second-order valence-electron chi connectivity index (χ2n) is 17.9. The highest BCUT2D eigenvalue weighted by Gasteiger charge is 2.50. The second-order valence-corrected chi connectivity index (χ2v) is 17.9. The lowest BCUT2D eigenvalue weighted by atomic mass is 9.65. The summed E-state index contributed by atoms with van der Waals surface area (Å²) in [5.41, 5.74) is 17.9. The number of fused-ring (bicyclic) bond motifs is 18. The molecule has 1 nitrogen and oxygen atoms in total. The Morgan fingerprint density at radius 2 is 0.906 bits per heavy atom. The fraction of sp³-hybridized carbons (Fsp3) is 0.0476. The summed E-state index contributed by atoms with van der Waals surface area (Å²) >= 11 is 0. The topological polar surface area (TPSA) is 4.93 Å². The van der Waals surface area contributed by atoms with Gasteiger partial charge in [-0.15, -0.1) is 0 Å². The van der Waals surface area contributed by atoms with Gasteiger partial charge in [0.05, 0.1) is 22.1 Å². The molecule has 14 rings (SSSR count). The van der Waals surface area contributed by atoms with Crippen LogP contribution in [-0.2, 0) is 11.8 Å². The minimum Gasteiger partial charge on any atom is -0.309 e. The molecule has 0 amide bonds. The zero-order valence-electron chi connectivity index (χ0n) is 35.2. The molecule has 1 aliphatic heterocycles. The van der Waals surface area contributed by atoms with E-state index < -0.39 is 5.41 Å². The maximum absolute atomic E-state index is 2.58. The quantitative estimate of drug-likeness (QED) is 0.153. The summed E-state index contributed by atoms with van der Waals surface area (Å²) in [5, 5.41) is 10.4. The van der Waals surface area contributed by atoms with Gasteiger partial charge >= 0.3 is 0 Å². The fourth-order valence-electron chi connectivity index (χ4n) is 12.1. The van der Waals surface area contributed by atoms with Crippen LogP contribution in [0.5, 0.6) is 0 Å². The van der Waals surface area contributed by atoms with Gasteiger partial charge in [0.2, 0.25) is 0 Å². The third-order valence-electron chi connectivity index (χ3n) is 14.8. The molecule has 0 radical (unpaired) electrons. The maximum Gasteiger partial charge on any atom is 0.0754 e. The lowest BCUT2D eigenvalue weighted by molar-refractivity contribution is 0.742. The summed E-state index contributed by atoms with van der Waals surface area (Å²) in [7, 11) is 0. The number of aromatic nitrogens is 1. The van der Waals surface area contributed by atoms with Crippen LogP contribution in [0.1, 0.15) is 44.9 Å². The minimum atomic E-state index is -0.488. The van der Waals surface area contributed by atoms with Crippen LogP contribution in [0.4, 0.5) is 0 Å². The first-order valence-corrected chi connectivity index (χ1v) is 22.6. The van der Waals surface area contributed by atoms with Crippen molar-refractivity contribution in [2.45, 2.75) is 17.8 Å². The molecular weight excluding hydrogens is 771 g/mol. The number of hydrogen-bond acceptors (Lipinski definition) is 0. The summed E-state index contributed by atoms with van der Waals surface area (Å²) in [6.45, 7) is 0. The summed E-state index contributed by atoms with van der Waals surface area (Å²) in [4.78, 5) is 0. The third kappa shape index (κ3) is 4.84. The average molecular weight is 812 g/mol. The molecule has 2 unspecified atom stereocenters. The van der Waals surface area contributed by atoms with Crippen LogP contribution in [0.3, 0.4) is 0 Å². The molecule has 1 spiro atoms. The van der Waals surface area contributed by atoms with Crippen LogP contribution < -0.4 is 0 Å². The Balaban J connectivity index is 0.994. The van der Waals surface area contributed by atoms with E-state index in [1.54, 1.807) is 0 Å². The van der Waals surface area contributed by atoms with Crippen molar-refractivity contribution in [1.29, 1.82) is 0 Å². The summed E-state index contributed by atoms with van der Waals surface area (Å²) in [6, 6.07) is 87.0. The van der Waals surface area contributed by atoms with Gasteiger partial charge in [0, 0.05) is 16.7 Å². The zero-order chi connectivity index (χ0) is 41.9. The SMILES string of the molecule is c1ccc(-c2ccc(C(Cc3ccc4c(c3)C3(c5ccccc5-4)c4ccccc4-n4c5ccccc5c5cccc3c54)c3ccc4c5ccccc5c5ccccc5c4c3)cc2)cc1. The molecule has 1 aliphatic carbocycles. The molecule has 0 saturated carbocycles. The highest BCUT2D eigenvalue weighted by atomic mass is 15.0. The summed E-state index contributed by atoms with van der Waals surface area (Å²) in [5.74, 6) is 0.113. The zero-order valence-corrected chi connectivity index (χ0v) is 35.2. The van der Waals surface area contributed by atoms with Gasteiger partial charge < -0.3 is 4.57 Å². The first-order valence-electron chi connectivity index (χ1n) is 22.6. The van der Waals surface area contributed by atoms with Crippen LogP contribution in [0.25, 0.3) is 82.1 Å². The number of para-hydroxylation sites is 3. The van der Waals surface area contributed by atoms with Crippen LogP contribution in [0, 0.1) is 0 Å². The van der Waals surface area contributed by atoms with Gasteiger partial charge in [-0.3, -0.25) is 0 Å². The van der Waals surface area contributed by atoms with Gasteiger partial charge in [-0.1, -0.05) is 212 Å². The van der Waals surface area contributed by atoms with Crippen molar-refractivity contribution in [3.8, 4) is 27.9 Å². The Morgan fingerprint density at radius 3 is 1.69 bits per heavy atom. The Kier molecular flexibility index (Phi) is 7.50. The molecule has 2 heterocycles. The van der Waals surface area contributed by atoms with Crippen molar-refractivity contribution < 1.29 is 0 Å². The van der Waals surface area contributed by atoms with Crippen molar-refractivity contribution in [3.63, 3.8) is 0 Å². The standard InChI is InChI=1S/C63H41N/c1-2-15-41(16-3-1)42-30-32-43(33-31-42)54(44-34-36-49-47-19-5-4-17-45(47)46-18-6-7-20-48(46)55(49)39-44)37-40-29-35-51-50-21-8-10-24-56(50)63(59(51)38-40)57-25-11-13-28-61(57)64-60-27-12-9-22-52(60)53-23-14-26-58(63)62(53)64/h1-36,38-39,54H,37H2. The largest absolute Gasteiger partial charge is 0.309 e. The predicted octanol–water partition coefficient (Wildman–Crippen LogP) is 16.0. The number of hydrogen-bond donors (Lipinski definition) is 0. The van der Waals surface area contributed by atoms with Crippen molar-refractivity contribution in [2.75, 3.05) is 0 Å². The van der Waals surface area contributed by atoms with Crippen molar-refractivity contribution >= 4 is 54.1 Å². The smallest absolute Gasteiger partial charge is 0.0754 e. The normalized spacial score (nSPS) is 15.2. The molecule has 298 valence electrons. The Morgan fingerprint density at radius 1 is 0.344 bits per heavy atom. The predicted molar refractivity (Wildman–Crippen MR) is 268 cm³/mol. The van der Waals surface area contributed by atoms with E-state index in [0.29, 0.717) is 0 Å². The van der Waals surface area contributed by atoms with Crippen molar-refractivity contribution in [1.82, 2.24) is 4.57 Å². The van der Waals surface area contributed by atoms with E-state index in [2.05, 4.69) is 235 Å². The minimum absolute atomic E-state index is 0.113. The Hall–Kier alpha value is -8.00. The van der Waals surface area contributed by atoms with Crippen molar-refractivity contribution in [3.05, 3.63) is 269 Å². The maximum atomic E-state index is 2.58. The van der Waals surface area contributed by atoms with Gasteiger partial charge in [-0.05, 0) is 118 Å². The Labute approximate surface area is 372 Å². The molecule has 11 aromatic carbocycles.